The Bertz CT molecular complexity index is 885. The number of hydrogen-bond acceptors (Lipinski definition) is 3. The van der Waals surface area contributed by atoms with E-state index in [1.807, 2.05) is 78.9 Å². The first-order chi connectivity index (χ1) is 12.7. The van der Waals surface area contributed by atoms with Crippen molar-refractivity contribution in [2.24, 2.45) is 10.7 Å². The number of benzene rings is 3. The third-order valence-electron chi connectivity index (χ3n) is 3.65. The number of ether oxygens (including phenoxy) is 2. The Morgan fingerprint density at radius 3 is 2.37 bits per heavy atom. The van der Waals surface area contributed by atoms with Crippen LogP contribution in [0.5, 0.6) is 17.2 Å². The highest BCUT2D eigenvalue weighted by molar-refractivity contribution is 14.0. The summed E-state index contributed by atoms with van der Waals surface area (Å²) in [7, 11) is 1.63. The Labute approximate surface area is 176 Å². The maximum Gasteiger partial charge on any atom is 0.193 e. The Morgan fingerprint density at radius 1 is 0.889 bits per heavy atom. The third kappa shape index (κ3) is 6.49. The lowest BCUT2D eigenvalue weighted by atomic mass is 10.2. The highest BCUT2D eigenvalue weighted by Crippen LogP contribution is 2.22. The second-order valence-corrected chi connectivity index (χ2v) is 5.62. The molecule has 27 heavy (non-hydrogen) atoms. The number of aliphatic imine (C=N–C) groups is 1. The molecule has 0 aliphatic rings. The van der Waals surface area contributed by atoms with Crippen molar-refractivity contribution in [2.45, 2.75) is 6.54 Å². The van der Waals surface area contributed by atoms with Crippen LogP contribution in [0.2, 0.25) is 0 Å². The number of hydrogen-bond donors (Lipinski definition) is 2. The van der Waals surface area contributed by atoms with E-state index >= 15 is 0 Å². The lowest BCUT2D eigenvalue weighted by molar-refractivity contribution is 0.415. The highest BCUT2D eigenvalue weighted by Gasteiger charge is 2.00. The third-order valence-corrected chi connectivity index (χ3v) is 3.65. The molecule has 0 aromatic heterocycles. The van der Waals surface area contributed by atoms with Crippen molar-refractivity contribution in [3.8, 4) is 17.2 Å². The Hall–Kier alpha value is -2.74. The fourth-order valence-corrected chi connectivity index (χ4v) is 2.40. The number of guanidine groups is 1. The van der Waals surface area contributed by atoms with Gasteiger partial charge in [0.2, 0.25) is 0 Å². The van der Waals surface area contributed by atoms with Crippen LogP contribution in [-0.2, 0) is 6.54 Å². The van der Waals surface area contributed by atoms with Crippen molar-refractivity contribution in [2.75, 3.05) is 12.4 Å². The molecule has 0 spiro atoms. The number of nitrogens with one attached hydrogen (secondary N) is 1. The molecule has 5 nitrogen and oxygen atoms in total. The van der Waals surface area contributed by atoms with E-state index in [4.69, 9.17) is 15.2 Å². The fourth-order valence-electron chi connectivity index (χ4n) is 2.40. The molecule has 3 rings (SSSR count). The van der Waals surface area contributed by atoms with Gasteiger partial charge >= 0.3 is 0 Å². The summed E-state index contributed by atoms with van der Waals surface area (Å²) >= 11 is 0. The van der Waals surface area contributed by atoms with Gasteiger partial charge in [0, 0.05) is 11.8 Å². The van der Waals surface area contributed by atoms with Crippen LogP contribution in [0.1, 0.15) is 5.56 Å². The van der Waals surface area contributed by atoms with Crippen molar-refractivity contribution in [3.05, 3.63) is 84.4 Å². The molecule has 0 aliphatic carbocycles. The molecule has 0 heterocycles. The lowest BCUT2D eigenvalue weighted by Crippen LogP contribution is -2.22. The van der Waals surface area contributed by atoms with Crippen LogP contribution in [0.15, 0.2) is 83.9 Å². The first-order valence-electron chi connectivity index (χ1n) is 8.26. The summed E-state index contributed by atoms with van der Waals surface area (Å²) in [4.78, 5) is 4.38. The quantitative estimate of drug-likeness (QED) is 0.298. The molecular formula is C21H22IN3O2. The molecular weight excluding hydrogens is 453 g/mol. The number of para-hydroxylation sites is 1. The van der Waals surface area contributed by atoms with E-state index in [0.29, 0.717) is 12.5 Å². The van der Waals surface area contributed by atoms with Crippen molar-refractivity contribution in [1.82, 2.24) is 0 Å². The van der Waals surface area contributed by atoms with Gasteiger partial charge in [0.05, 0.1) is 13.7 Å². The number of methoxy groups -OCH3 is 1. The van der Waals surface area contributed by atoms with Crippen molar-refractivity contribution < 1.29 is 9.47 Å². The van der Waals surface area contributed by atoms with Gasteiger partial charge in [0.25, 0.3) is 0 Å². The van der Waals surface area contributed by atoms with Gasteiger partial charge < -0.3 is 20.5 Å². The molecule has 0 saturated carbocycles. The first-order valence-corrected chi connectivity index (χ1v) is 8.26. The zero-order valence-corrected chi connectivity index (χ0v) is 17.3. The van der Waals surface area contributed by atoms with Gasteiger partial charge in [0.1, 0.15) is 17.2 Å². The fraction of sp³-hybridized carbons (Fsp3) is 0.0952. The zero-order valence-electron chi connectivity index (χ0n) is 15.0. The van der Waals surface area contributed by atoms with Crippen LogP contribution in [0.3, 0.4) is 0 Å². The maximum absolute atomic E-state index is 5.97. The predicted molar refractivity (Wildman–Crippen MR) is 120 cm³/mol. The van der Waals surface area contributed by atoms with E-state index in [0.717, 1.165) is 28.5 Å². The first kappa shape index (κ1) is 20.6. The largest absolute Gasteiger partial charge is 0.497 e. The van der Waals surface area contributed by atoms with Gasteiger partial charge in [-0.25, -0.2) is 4.99 Å². The van der Waals surface area contributed by atoms with Gasteiger partial charge in [-0.1, -0.05) is 36.4 Å². The second-order valence-electron chi connectivity index (χ2n) is 5.62. The number of nitrogens with zero attached hydrogens (tertiary/aromatic N) is 1. The molecule has 0 unspecified atom stereocenters. The van der Waals surface area contributed by atoms with Crippen molar-refractivity contribution in [3.63, 3.8) is 0 Å². The Morgan fingerprint density at radius 2 is 1.59 bits per heavy atom. The van der Waals surface area contributed by atoms with Crippen molar-refractivity contribution in [1.29, 1.82) is 0 Å². The minimum absolute atomic E-state index is 0. The maximum atomic E-state index is 5.97. The SMILES string of the molecule is COc1cccc(NC(N)=NCc2cccc(Oc3ccccc3)c2)c1.I. The van der Waals surface area contributed by atoms with E-state index in [2.05, 4.69) is 10.3 Å². The van der Waals surface area contributed by atoms with Crippen LogP contribution >= 0.6 is 24.0 Å². The molecule has 3 N–H and O–H groups in total. The van der Waals surface area contributed by atoms with Crippen LogP contribution in [0.25, 0.3) is 0 Å². The normalized spacial score (nSPS) is 10.6. The molecule has 0 saturated heterocycles. The van der Waals surface area contributed by atoms with E-state index in [9.17, 15) is 0 Å². The topological polar surface area (TPSA) is 68.9 Å². The lowest BCUT2D eigenvalue weighted by Gasteiger charge is -2.08. The van der Waals surface area contributed by atoms with E-state index in [1.165, 1.54) is 0 Å². The van der Waals surface area contributed by atoms with E-state index in [-0.39, 0.29) is 24.0 Å². The van der Waals surface area contributed by atoms with E-state index < -0.39 is 0 Å². The summed E-state index contributed by atoms with van der Waals surface area (Å²) in [6.45, 7) is 0.453. The standard InChI is InChI=1S/C21H21N3O2.HI/c1-25-19-11-6-8-17(14-19)24-21(22)23-15-16-7-5-12-20(13-16)26-18-9-3-2-4-10-18;/h2-14H,15H2,1H3,(H3,22,23,24);1H. The average Bonchev–Trinajstić information content (AvgIpc) is 2.68. The molecule has 3 aromatic carbocycles. The van der Waals surface area contributed by atoms with E-state index in [1.54, 1.807) is 7.11 Å². The minimum atomic E-state index is 0. The van der Waals surface area contributed by atoms with Gasteiger partial charge in [-0.3, -0.25) is 0 Å². The van der Waals surface area contributed by atoms with Crippen LogP contribution < -0.4 is 20.5 Å². The molecule has 140 valence electrons. The minimum Gasteiger partial charge on any atom is -0.497 e. The summed E-state index contributed by atoms with van der Waals surface area (Å²) in [6, 6.07) is 25.0. The number of nitrogens with two attached hydrogens (primary N) is 1. The Kier molecular flexibility index (Phi) is 7.94. The number of rotatable bonds is 6. The number of halogens is 1. The van der Waals surface area contributed by atoms with Crippen LogP contribution in [-0.4, -0.2) is 13.1 Å². The van der Waals surface area contributed by atoms with Crippen molar-refractivity contribution >= 4 is 35.6 Å². The monoisotopic (exact) mass is 475 g/mol. The second kappa shape index (κ2) is 10.4. The molecule has 0 bridgehead atoms. The molecule has 0 fully saturated rings. The molecule has 3 aromatic rings. The number of anilines is 1. The molecule has 0 radical (unpaired) electrons. The summed E-state index contributed by atoms with van der Waals surface area (Å²) in [6.07, 6.45) is 0. The zero-order chi connectivity index (χ0) is 18.2. The smallest absolute Gasteiger partial charge is 0.193 e. The summed E-state index contributed by atoms with van der Waals surface area (Å²) in [5, 5.41) is 3.06. The molecule has 6 heteroatoms. The predicted octanol–water partition coefficient (Wildman–Crippen LogP) is 5.03. The van der Waals surface area contributed by atoms with Crippen LogP contribution in [0, 0.1) is 0 Å². The molecule has 0 atom stereocenters. The summed E-state index contributed by atoms with van der Waals surface area (Å²) in [5.74, 6) is 2.66. The van der Waals surface area contributed by atoms with Gasteiger partial charge in [0.15, 0.2) is 5.96 Å². The molecule has 0 aliphatic heterocycles. The van der Waals surface area contributed by atoms with Gasteiger partial charge in [-0.2, -0.15) is 0 Å². The van der Waals surface area contributed by atoms with Gasteiger partial charge in [-0.05, 0) is 42.0 Å². The van der Waals surface area contributed by atoms with Gasteiger partial charge in [-0.15, -0.1) is 24.0 Å². The summed E-state index contributed by atoms with van der Waals surface area (Å²) in [5.41, 5.74) is 7.81. The highest BCUT2D eigenvalue weighted by atomic mass is 127. The average molecular weight is 475 g/mol. The summed E-state index contributed by atoms with van der Waals surface area (Å²) < 4.78 is 11.0. The molecule has 0 amide bonds. The van der Waals surface area contributed by atoms with Crippen LogP contribution in [0.4, 0.5) is 5.69 Å². The Balaban J connectivity index is 0.00000261.